The Hall–Kier alpha value is -1.69. The maximum absolute atomic E-state index is 12.3. The molecule has 0 radical (unpaired) electrons. The second-order valence-electron chi connectivity index (χ2n) is 7.34. The Bertz CT molecular complexity index is 621. The van der Waals surface area contributed by atoms with Gasteiger partial charge in [0.1, 0.15) is 11.6 Å². The van der Waals surface area contributed by atoms with E-state index in [1.54, 1.807) is 0 Å². The lowest BCUT2D eigenvalue weighted by molar-refractivity contribution is -0.122. The van der Waals surface area contributed by atoms with E-state index in [-0.39, 0.29) is 18.0 Å². The normalized spacial score (nSPS) is 19.7. The SMILES string of the molecule is C[C@@H](N[C@H](C)c1nnc2n1CCCC2)C(=O)NCCC1=CCCCC1. The first-order valence-corrected chi connectivity index (χ1v) is 9.79. The lowest BCUT2D eigenvalue weighted by Crippen LogP contribution is -2.44. The van der Waals surface area contributed by atoms with Crippen LogP contribution in [0.2, 0.25) is 0 Å². The molecule has 1 aromatic heterocycles. The van der Waals surface area contributed by atoms with Crippen molar-refractivity contribution in [2.45, 2.75) is 83.8 Å². The highest BCUT2D eigenvalue weighted by molar-refractivity contribution is 5.81. The first-order chi connectivity index (χ1) is 12.1. The summed E-state index contributed by atoms with van der Waals surface area (Å²) < 4.78 is 2.21. The molecule has 0 unspecified atom stereocenters. The fraction of sp³-hybridized carbons (Fsp3) is 0.737. The number of nitrogens with one attached hydrogen (secondary N) is 2. The van der Waals surface area contributed by atoms with Gasteiger partial charge in [0.25, 0.3) is 0 Å². The molecule has 25 heavy (non-hydrogen) atoms. The topological polar surface area (TPSA) is 71.8 Å². The lowest BCUT2D eigenvalue weighted by Gasteiger charge is -2.22. The highest BCUT2D eigenvalue weighted by Gasteiger charge is 2.23. The summed E-state index contributed by atoms with van der Waals surface area (Å²) in [6, 6.07) is -0.229. The van der Waals surface area contributed by atoms with E-state index in [1.165, 1.54) is 44.1 Å². The van der Waals surface area contributed by atoms with E-state index in [2.05, 4.69) is 38.4 Å². The Morgan fingerprint density at radius 2 is 2.04 bits per heavy atom. The molecule has 2 heterocycles. The predicted molar refractivity (Wildman–Crippen MR) is 98.2 cm³/mol. The minimum Gasteiger partial charge on any atom is -0.354 e. The number of hydrogen-bond acceptors (Lipinski definition) is 4. The summed E-state index contributed by atoms with van der Waals surface area (Å²) in [5.41, 5.74) is 1.50. The van der Waals surface area contributed by atoms with Crippen LogP contribution in [0.15, 0.2) is 11.6 Å². The highest BCUT2D eigenvalue weighted by atomic mass is 16.2. The quantitative estimate of drug-likeness (QED) is 0.745. The number of carbonyl (C=O) groups excluding carboxylic acids is 1. The molecule has 2 N–H and O–H groups in total. The molecule has 3 rings (SSSR count). The van der Waals surface area contributed by atoms with Crippen LogP contribution in [0.3, 0.4) is 0 Å². The third-order valence-electron chi connectivity index (χ3n) is 5.30. The fourth-order valence-electron chi connectivity index (χ4n) is 3.81. The van der Waals surface area contributed by atoms with Crippen LogP contribution in [0.25, 0.3) is 0 Å². The van der Waals surface area contributed by atoms with Crippen molar-refractivity contribution in [2.75, 3.05) is 6.54 Å². The van der Waals surface area contributed by atoms with Gasteiger partial charge in [-0.3, -0.25) is 10.1 Å². The molecule has 1 amide bonds. The molecule has 0 saturated carbocycles. The number of aryl methyl sites for hydroxylation is 1. The van der Waals surface area contributed by atoms with Gasteiger partial charge in [0.2, 0.25) is 5.91 Å². The van der Waals surface area contributed by atoms with Gasteiger partial charge < -0.3 is 9.88 Å². The number of aromatic nitrogens is 3. The average molecular weight is 345 g/mol. The van der Waals surface area contributed by atoms with Crippen LogP contribution in [0.1, 0.15) is 76.5 Å². The van der Waals surface area contributed by atoms with Gasteiger partial charge >= 0.3 is 0 Å². The molecule has 2 atom stereocenters. The summed E-state index contributed by atoms with van der Waals surface area (Å²) >= 11 is 0. The van der Waals surface area contributed by atoms with Crippen molar-refractivity contribution in [2.24, 2.45) is 0 Å². The molecule has 1 aliphatic carbocycles. The third kappa shape index (κ3) is 4.69. The number of fused-ring (bicyclic) bond motifs is 1. The summed E-state index contributed by atoms with van der Waals surface area (Å²) in [5.74, 6) is 2.08. The van der Waals surface area contributed by atoms with Gasteiger partial charge in [-0.25, -0.2) is 0 Å². The van der Waals surface area contributed by atoms with E-state index in [4.69, 9.17) is 0 Å². The average Bonchev–Trinajstić information content (AvgIpc) is 3.06. The van der Waals surface area contributed by atoms with Crippen LogP contribution in [0.5, 0.6) is 0 Å². The van der Waals surface area contributed by atoms with Crippen LogP contribution < -0.4 is 10.6 Å². The number of rotatable bonds is 7. The van der Waals surface area contributed by atoms with E-state index < -0.39 is 0 Å². The van der Waals surface area contributed by atoms with Crippen molar-refractivity contribution in [1.82, 2.24) is 25.4 Å². The van der Waals surface area contributed by atoms with Crippen molar-refractivity contribution < 1.29 is 4.79 Å². The van der Waals surface area contributed by atoms with E-state index >= 15 is 0 Å². The highest BCUT2D eigenvalue weighted by Crippen LogP contribution is 2.20. The third-order valence-corrected chi connectivity index (χ3v) is 5.30. The lowest BCUT2D eigenvalue weighted by atomic mass is 9.97. The van der Waals surface area contributed by atoms with Gasteiger partial charge in [-0.1, -0.05) is 11.6 Å². The molecule has 0 saturated heterocycles. The Morgan fingerprint density at radius 3 is 2.84 bits per heavy atom. The van der Waals surface area contributed by atoms with Crippen LogP contribution >= 0.6 is 0 Å². The molecule has 0 bridgehead atoms. The van der Waals surface area contributed by atoms with E-state index in [0.717, 1.165) is 37.6 Å². The molecular weight excluding hydrogens is 314 g/mol. The maximum atomic E-state index is 12.3. The first kappa shape index (κ1) is 18.1. The number of allylic oxidation sites excluding steroid dienone is 1. The van der Waals surface area contributed by atoms with Gasteiger partial charge in [-0.2, -0.15) is 0 Å². The number of nitrogens with zero attached hydrogens (tertiary/aromatic N) is 3. The summed E-state index contributed by atoms with van der Waals surface area (Å²) in [7, 11) is 0. The van der Waals surface area contributed by atoms with Crippen molar-refractivity contribution in [3.8, 4) is 0 Å². The monoisotopic (exact) mass is 345 g/mol. The predicted octanol–water partition coefficient (Wildman–Crippen LogP) is 2.66. The zero-order valence-corrected chi connectivity index (χ0v) is 15.6. The summed E-state index contributed by atoms with van der Waals surface area (Å²) in [4.78, 5) is 12.3. The Balaban J connectivity index is 1.46. The van der Waals surface area contributed by atoms with Crippen LogP contribution in [0, 0.1) is 0 Å². The van der Waals surface area contributed by atoms with Gasteiger partial charge in [-0.05, 0) is 58.8 Å². The molecule has 0 spiro atoms. The van der Waals surface area contributed by atoms with Crippen molar-refractivity contribution in [3.63, 3.8) is 0 Å². The second-order valence-corrected chi connectivity index (χ2v) is 7.34. The van der Waals surface area contributed by atoms with Gasteiger partial charge in [0, 0.05) is 19.5 Å². The van der Waals surface area contributed by atoms with E-state index in [1.807, 2.05) is 6.92 Å². The molecule has 6 heteroatoms. The molecule has 0 fully saturated rings. The zero-order chi connectivity index (χ0) is 17.6. The number of amides is 1. The molecule has 2 aliphatic rings. The van der Waals surface area contributed by atoms with Crippen LogP contribution in [-0.4, -0.2) is 33.3 Å². The Morgan fingerprint density at radius 1 is 1.20 bits per heavy atom. The van der Waals surface area contributed by atoms with Crippen LogP contribution in [-0.2, 0) is 17.8 Å². The van der Waals surface area contributed by atoms with Crippen LogP contribution in [0.4, 0.5) is 0 Å². The smallest absolute Gasteiger partial charge is 0.236 e. The summed E-state index contributed by atoms with van der Waals surface area (Å²) in [6.07, 6.45) is 11.7. The Kier molecular flexibility index (Phi) is 6.24. The second kappa shape index (κ2) is 8.61. The van der Waals surface area contributed by atoms with E-state index in [0.29, 0.717) is 0 Å². The van der Waals surface area contributed by atoms with Crippen molar-refractivity contribution >= 4 is 5.91 Å². The molecule has 138 valence electrons. The van der Waals surface area contributed by atoms with Gasteiger partial charge in [0.05, 0.1) is 12.1 Å². The van der Waals surface area contributed by atoms with Crippen molar-refractivity contribution in [1.29, 1.82) is 0 Å². The standard InChI is InChI=1S/C19H31N5O/c1-14(18-23-22-17-10-6-7-13-24(17)18)21-15(2)19(25)20-12-11-16-8-4-3-5-9-16/h8,14-15,21H,3-7,9-13H2,1-2H3,(H,20,25)/t14-,15-/m1/s1. The zero-order valence-electron chi connectivity index (χ0n) is 15.6. The van der Waals surface area contributed by atoms with Crippen molar-refractivity contribution in [3.05, 3.63) is 23.3 Å². The van der Waals surface area contributed by atoms with Gasteiger partial charge in [0.15, 0.2) is 0 Å². The molecular formula is C19H31N5O. The fourth-order valence-corrected chi connectivity index (χ4v) is 3.81. The molecule has 1 aromatic rings. The molecule has 6 nitrogen and oxygen atoms in total. The molecule has 1 aliphatic heterocycles. The van der Waals surface area contributed by atoms with E-state index in [9.17, 15) is 4.79 Å². The summed E-state index contributed by atoms with van der Waals surface area (Å²) in [6.45, 7) is 5.69. The first-order valence-electron chi connectivity index (χ1n) is 9.79. The van der Waals surface area contributed by atoms with Gasteiger partial charge in [-0.15, -0.1) is 10.2 Å². The maximum Gasteiger partial charge on any atom is 0.236 e. The minimum atomic E-state index is -0.244. The minimum absolute atomic E-state index is 0.0150. The number of hydrogen-bond donors (Lipinski definition) is 2. The Labute approximate surface area is 150 Å². The summed E-state index contributed by atoms with van der Waals surface area (Å²) in [5, 5.41) is 15.1. The molecule has 0 aromatic carbocycles. The largest absolute Gasteiger partial charge is 0.354 e. The number of carbonyl (C=O) groups is 1.